The highest BCUT2D eigenvalue weighted by atomic mass is 35.5. The van der Waals surface area contributed by atoms with Crippen molar-refractivity contribution in [2.75, 3.05) is 12.5 Å². The molecule has 0 saturated heterocycles. The van der Waals surface area contributed by atoms with E-state index in [1.165, 1.54) is 5.56 Å². The lowest BCUT2D eigenvalue weighted by molar-refractivity contribution is 0.684. The van der Waals surface area contributed by atoms with Crippen molar-refractivity contribution in [2.45, 2.75) is 13.1 Å². The molecule has 15 heavy (non-hydrogen) atoms. The summed E-state index contributed by atoms with van der Waals surface area (Å²) in [6.07, 6.45) is 3.22. The Morgan fingerprint density at radius 2 is 2.13 bits per heavy atom. The summed E-state index contributed by atoms with van der Waals surface area (Å²) in [5, 5.41) is 3.20. The van der Waals surface area contributed by atoms with Crippen molar-refractivity contribution in [3.05, 3.63) is 23.4 Å². The van der Waals surface area contributed by atoms with E-state index >= 15 is 0 Å². The molecule has 84 valence electrons. The first-order valence-corrected chi connectivity index (χ1v) is 6.74. The Kier molecular flexibility index (Phi) is 3.70. The molecule has 0 amide bonds. The third-order valence-corrected chi connectivity index (χ3v) is 2.60. The maximum atomic E-state index is 11.4. The first-order valence-electron chi connectivity index (χ1n) is 4.41. The lowest BCUT2D eigenvalue weighted by atomic mass is 10.2. The molecule has 4 nitrogen and oxygen atoms in total. The van der Waals surface area contributed by atoms with Crippen molar-refractivity contribution in [2.24, 2.45) is 4.36 Å². The Balaban J connectivity index is 0.00000112. The van der Waals surface area contributed by atoms with E-state index in [-0.39, 0.29) is 12.4 Å². The van der Waals surface area contributed by atoms with Gasteiger partial charge in [-0.15, -0.1) is 12.4 Å². The molecular formula is C9H14ClN3OS. The standard InChI is InChI=1S/C9H13N3OS.ClH/c1-14(2,13)12-9-4-3-7-5-10-6-8(7)11-9;/h3-4,10H,5-6H2,1-2H3;1H. The van der Waals surface area contributed by atoms with Crippen LogP contribution in [0.1, 0.15) is 11.3 Å². The highest BCUT2D eigenvalue weighted by Crippen LogP contribution is 2.18. The molecule has 0 bridgehead atoms. The Morgan fingerprint density at radius 1 is 1.40 bits per heavy atom. The molecule has 2 heterocycles. The largest absolute Gasteiger partial charge is 0.307 e. The van der Waals surface area contributed by atoms with E-state index in [2.05, 4.69) is 14.7 Å². The molecule has 0 aromatic carbocycles. The Morgan fingerprint density at radius 3 is 2.80 bits per heavy atom. The number of nitrogens with zero attached hydrogens (tertiary/aromatic N) is 2. The number of hydrogen-bond donors (Lipinski definition) is 1. The van der Waals surface area contributed by atoms with Crippen LogP contribution in [0.5, 0.6) is 0 Å². The quantitative estimate of drug-likeness (QED) is 0.818. The number of fused-ring (bicyclic) bond motifs is 1. The summed E-state index contributed by atoms with van der Waals surface area (Å²) in [7, 11) is -2.10. The van der Waals surface area contributed by atoms with E-state index in [9.17, 15) is 4.21 Å². The van der Waals surface area contributed by atoms with Gasteiger partial charge in [-0.3, -0.25) is 0 Å². The Bertz CT molecular complexity index is 472. The zero-order valence-electron chi connectivity index (χ0n) is 8.69. The highest BCUT2D eigenvalue weighted by Gasteiger charge is 2.11. The number of pyridine rings is 1. The molecular weight excluding hydrogens is 234 g/mol. The van der Waals surface area contributed by atoms with Crippen LogP contribution in [-0.2, 0) is 22.8 Å². The maximum Gasteiger partial charge on any atom is 0.161 e. The Hall–Kier alpha value is -0.650. The number of rotatable bonds is 1. The molecule has 6 heteroatoms. The highest BCUT2D eigenvalue weighted by molar-refractivity contribution is 7.92. The topological polar surface area (TPSA) is 54.4 Å². The fourth-order valence-corrected chi connectivity index (χ4v) is 1.98. The van der Waals surface area contributed by atoms with Gasteiger partial charge >= 0.3 is 0 Å². The van der Waals surface area contributed by atoms with Gasteiger partial charge in [0.25, 0.3) is 0 Å². The van der Waals surface area contributed by atoms with Crippen LogP contribution < -0.4 is 5.32 Å². The molecule has 1 aliphatic rings. The molecule has 1 aromatic rings. The smallest absolute Gasteiger partial charge is 0.161 e. The van der Waals surface area contributed by atoms with Crippen molar-refractivity contribution in [1.82, 2.24) is 10.3 Å². The van der Waals surface area contributed by atoms with Gasteiger partial charge in [-0.1, -0.05) is 6.07 Å². The van der Waals surface area contributed by atoms with Crippen LogP contribution >= 0.6 is 12.4 Å². The molecule has 0 saturated carbocycles. The molecule has 0 spiro atoms. The Labute approximate surface area is 96.1 Å². The predicted molar refractivity (Wildman–Crippen MR) is 64.1 cm³/mol. The van der Waals surface area contributed by atoms with Crippen LogP contribution in [0.25, 0.3) is 0 Å². The fraction of sp³-hybridized carbons (Fsp3) is 0.444. The van der Waals surface area contributed by atoms with Gasteiger partial charge in [0.1, 0.15) is 0 Å². The van der Waals surface area contributed by atoms with Gasteiger partial charge < -0.3 is 5.32 Å². The van der Waals surface area contributed by atoms with Gasteiger partial charge in [-0.05, 0) is 11.6 Å². The van der Waals surface area contributed by atoms with Gasteiger partial charge in [0.2, 0.25) is 0 Å². The summed E-state index contributed by atoms with van der Waals surface area (Å²) < 4.78 is 15.5. The molecule has 1 aromatic heterocycles. The van der Waals surface area contributed by atoms with Crippen molar-refractivity contribution >= 4 is 28.0 Å². The van der Waals surface area contributed by atoms with Crippen LogP contribution in [0.15, 0.2) is 16.5 Å². The molecule has 1 N–H and O–H groups in total. The van der Waals surface area contributed by atoms with Gasteiger partial charge in [0, 0.05) is 35.3 Å². The van der Waals surface area contributed by atoms with E-state index in [1.54, 1.807) is 12.5 Å². The van der Waals surface area contributed by atoms with E-state index < -0.39 is 9.73 Å². The third kappa shape index (κ3) is 3.15. The predicted octanol–water partition coefficient (Wildman–Crippen LogP) is 1.47. The van der Waals surface area contributed by atoms with Crippen LogP contribution in [0, 0.1) is 0 Å². The minimum absolute atomic E-state index is 0. The normalized spacial score (nSPS) is 14.3. The molecule has 1 aliphatic heterocycles. The van der Waals surface area contributed by atoms with Crippen molar-refractivity contribution < 1.29 is 4.21 Å². The van der Waals surface area contributed by atoms with Gasteiger partial charge in [0.05, 0.1) is 5.69 Å². The van der Waals surface area contributed by atoms with Crippen molar-refractivity contribution in [3.8, 4) is 0 Å². The fourth-order valence-electron chi connectivity index (χ4n) is 1.42. The van der Waals surface area contributed by atoms with Gasteiger partial charge in [-0.2, -0.15) is 4.36 Å². The SMILES string of the molecule is CS(C)(=O)=Nc1ccc2c(n1)CNC2.Cl. The lowest BCUT2D eigenvalue weighted by Gasteiger charge is -1.99. The first kappa shape index (κ1) is 12.4. The summed E-state index contributed by atoms with van der Waals surface area (Å²) in [5.41, 5.74) is 2.23. The monoisotopic (exact) mass is 247 g/mol. The van der Waals surface area contributed by atoms with E-state index in [0.29, 0.717) is 5.82 Å². The molecule has 0 fully saturated rings. The zero-order valence-corrected chi connectivity index (χ0v) is 10.3. The van der Waals surface area contributed by atoms with E-state index in [1.807, 2.05) is 12.1 Å². The third-order valence-electron chi connectivity index (χ3n) is 1.98. The van der Waals surface area contributed by atoms with E-state index in [0.717, 1.165) is 18.8 Å². The number of nitrogens with one attached hydrogen (secondary N) is 1. The second-order valence-electron chi connectivity index (χ2n) is 3.65. The van der Waals surface area contributed by atoms with Crippen LogP contribution in [0.3, 0.4) is 0 Å². The molecule has 2 rings (SSSR count). The van der Waals surface area contributed by atoms with Crippen LogP contribution in [0.4, 0.5) is 5.82 Å². The van der Waals surface area contributed by atoms with Gasteiger partial charge in [0.15, 0.2) is 5.82 Å². The second-order valence-corrected chi connectivity index (χ2v) is 6.20. The molecule has 0 atom stereocenters. The zero-order chi connectivity index (χ0) is 10.2. The summed E-state index contributed by atoms with van der Waals surface area (Å²) >= 11 is 0. The second kappa shape index (κ2) is 4.47. The van der Waals surface area contributed by atoms with E-state index in [4.69, 9.17) is 0 Å². The average Bonchev–Trinajstić information content (AvgIpc) is 2.47. The summed E-state index contributed by atoms with van der Waals surface area (Å²) in [4.78, 5) is 4.33. The lowest BCUT2D eigenvalue weighted by Crippen LogP contribution is -2.00. The number of hydrogen-bond acceptors (Lipinski definition) is 4. The molecule has 0 aliphatic carbocycles. The minimum Gasteiger partial charge on any atom is -0.307 e. The maximum absolute atomic E-state index is 11.4. The van der Waals surface area contributed by atoms with Crippen molar-refractivity contribution in [3.63, 3.8) is 0 Å². The van der Waals surface area contributed by atoms with Crippen LogP contribution in [0.2, 0.25) is 0 Å². The van der Waals surface area contributed by atoms with Gasteiger partial charge in [-0.25, -0.2) is 9.19 Å². The van der Waals surface area contributed by atoms with Crippen molar-refractivity contribution in [1.29, 1.82) is 0 Å². The summed E-state index contributed by atoms with van der Waals surface area (Å²) in [6.45, 7) is 1.66. The number of halogens is 1. The van der Waals surface area contributed by atoms with Crippen LogP contribution in [-0.4, -0.2) is 21.7 Å². The summed E-state index contributed by atoms with van der Waals surface area (Å²) in [6, 6.07) is 3.81. The molecule has 0 unspecified atom stereocenters. The summed E-state index contributed by atoms with van der Waals surface area (Å²) in [5.74, 6) is 0.572. The molecule has 0 radical (unpaired) electrons. The minimum atomic E-state index is -2.10. The number of aromatic nitrogens is 1. The first-order chi connectivity index (χ1) is 6.54. The average molecular weight is 248 g/mol.